The van der Waals surface area contributed by atoms with E-state index in [0.29, 0.717) is 0 Å². The lowest BCUT2D eigenvalue weighted by molar-refractivity contribution is -0.117. The molecule has 0 unspecified atom stereocenters. The van der Waals surface area contributed by atoms with E-state index in [-0.39, 0.29) is 22.7 Å². The lowest BCUT2D eigenvalue weighted by Gasteiger charge is -2.06. The maximum absolute atomic E-state index is 11.4. The summed E-state index contributed by atoms with van der Waals surface area (Å²) >= 11 is 5.23. The van der Waals surface area contributed by atoms with Gasteiger partial charge in [-0.05, 0) is 18.2 Å². The van der Waals surface area contributed by atoms with Gasteiger partial charge in [-0.25, -0.2) is 4.79 Å². The van der Waals surface area contributed by atoms with Crippen molar-refractivity contribution in [3.63, 3.8) is 0 Å². The molecular formula is C11H8ClN3O4. The van der Waals surface area contributed by atoms with E-state index in [4.69, 9.17) is 11.6 Å². The van der Waals surface area contributed by atoms with E-state index in [1.807, 2.05) is 5.32 Å². The summed E-state index contributed by atoms with van der Waals surface area (Å²) in [5.41, 5.74) is 0.697. The molecule has 0 radical (unpaired) electrons. The standard InChI is InChI=1S/C11H8ClN3O4/c12-4-8(16)14-11(19)13-5-1-2-6-7(3-5)10(18)15-9(6)17/h1-3H,4H2,(H,15,17,18)(H2,13,14,16,19). The van der Waals surface area contributed by atoms with Crippen LogP contribution < -0.4 is 16.0 Å². The van der Waals surface area contributed by atoms with Crippen molar-refractivity contribution in [3.05, 3.63) is 29.3 Å². The van der Waals surface area contributed by atoms with Crippen LogP contribution in [0.3, 0.4) is 0 Å². The molecule has 0 spiro atoms. The van der Waals surface area contributed by atoms with E-state index in [0.717, 1.165) is 0 Å². The van der Waals surface area contributed by atoms with Crippen molar-refractivity contribution in [1.29, 1.82) is 0 Å². The van der Waals surface area contributed by atoms with Crippen molar-refractivity contribution in [3.8, 4) is 0 Å². The van der Waals surface area contributed by atoms with Crippen LogP contribution in [0.15, 0.2) is 18.2 Å². The molecule has 7 nitrogen and oxygen atoms in total. The zero-order valence-electron chi connectivity index (χ0n) is 9.45. The van der Waals surface area contributed by atoms with Crippen LogP contribution in [0.1, 0.15) is 20.7 Å². The first-order valence-corrected chi connectivity index (χ1v) is 5.71. The monoisotopic (exact) mass is 281 g/mol. The molecule has 8 heteroatoms. The molecule has 0 fully saturated rings. The van der Waals surface area contributed by atoms with Gasteiger partial charge in [0.2, 0.25) is 5.91 Å². The topological polar surface area (TPSA) is 104 Å². The average molecular weight is 282 g/mol. The van der Waals surface area contributed by atoms with Crippen molar-refractivity contribution in [1.82, 2.24) is 10.6 Å². The smallest absolute Gasteiger partial charge is 0.308 e. The van der Waals surface area contributed by atoms with Crippen LogP contribution in [0, 0.1) is 0 Å². The van der Waals surface area contributed by atoms with Crippen molar-refractivity contribution in [2.24, 2.45) is 0 Å². The number of hydrogen-bond acceptors (Lipinski definition) is 4. The van der Waals surface area contributed by atoms with Crippen molar-refractivity contribution in [2.45, 2.75) is 0 Å². The summed E-state index contributed by atoms with van der Waals surface area (Å²) in [5.74, 6) is -1.99. The number of carbonyl (C=O) groups is 4. The Morgan fingerprint density at radius 3 is 2.53 bits per heavy atom. The highest BCUT2D eigenvalue weighted by Crippen LogP contribution is 2.20. The van der Waals surface area contributed by atoms with Crippen LogP contribution in [-0.4, -0.2) is 29.6 Å². The van der Waals surface area contributed by atoms with Gasteiger partial charge in [-0.15, -0.1) is 11.6 Å². The molecule has 1 heterocycles. The van der Waals surface area contributed by atoms with E-state index in [1.165, 1.54) is 18.2 Å². The highest BCUT2D eigenvalue weighted by molar-refractivity contribution is 6.28. The summed E-state index contributed by atoms with van der Waals surface area (Å²) in [7, 11) is 0. The Labute approximate surface area is 112 Å². The van der Waals surface area contributed by atoms with Gasteiger partial charge < -0.3 is 5.32 Å². The number of alkyl halides is 1. The molecule has 1 aliphatic heterocycles. The molecule has 1 aliphatic rings. The molecule has 1 aromatic carbocycles. The number of carbonyl (C=O) groups excluding carboxylic acids is 4. The maximum atomic E-state index is 11.4. The zero-order valence-corrected chi connectivity index (χ0v) is 10.2. The zero-order chi connectivity index (χ0) is 14.0. The quantitative estimate of drug-likeness (QED) is 0.541. The predicted octanol–water partition coefficient (Wildman–Crippen LogP) is 0.457. The van der Waals surface area contributed by atoms with Crippen molar-refractivity contribution >= 4 is 41.0 Å². The Morgan fingerprint density at radius 1 is 1.16 bits per heavy atom. The van der Waals surface area contributed by atoms with E-state index >= 15 is 0 Å². The molecule has 3 N–H and O–H groups in total. The second-order valence-corrected chi connectivity index (χ2v) is 3.95. The van der Waals surface area contributed by atoms with Gasteiger partial charge in [0.15, 0.2) is 0 Å². The van der Waals surface area contributed by atoms with Gasteiger partial charge in [-0.1, -0.05) is 0 Å². The van der Waals surface area contributed by atoms with Crippen LogP contribution in [0.5, 0.6) is 0 Å². The Kier molecular flexibility index (Phi) is 3.48. The van der Waals surface area contributed by atoms with Crippen molar-refractivity contribution in [2.75, 3.05) is 11.2 Å². The van der Waals surface area contributed by atoms with Gasteiger partial charge in [0.25, 0.3) is 11.8 Å². The average Bonchev–Trinajstić information content (AvgIpc) is 2.64. The summed E-state index contributed by atoms with van der Waals surface area (Å²) in [6.45, 7) is 0. The van der Waals surface area contributed by atoms with Crippen LogP contribution in [-0.2, 0) is 4.79 Å². The number of imide groups is 2. The summed E-state index contributed by atoms with van der Waals surface area (Å²) in [6.07, 6.45) is 0. The molecule has 0 aliphatic carbocycles. The van der Waals surface area contributed by atoms with Gasteiger partial charge in [-0.2, -0.15) is 0 Å². The van der Waals surface area contributed by atoms with E-state index < -0.39 is 23.8 Å². The molecule has 0 bridgehead atoms. The second kappa shape index (κ2) is 5.07. The highest BCUT2D eigenvalue weighted by atomic mass is 35.5. The minimum atomic E-state index is -0.768. The first-order valence-electron chi connectivity index (χ1n) is 5.18. The molecule has 5 amide bonds. The van der Waals surface area contributed by atoms with Gasteiger partial charge in [0, 0.05) is 5.69 Å². The summed E-state index contributed by atoms with van der Waals surface area (Å²) < 4.78 is 0. The number of amides is 5. The molecule has 1 aromatic rings. The lowest BCUT2D eigenvalue weighted by Crippen LogP contribution is -2.35. The van der Waals surface area contributed by atoms with Crippen LogP contribution in [0.4, 0.5) is 10.5 Å². The van der Waals surface area contributed by atoms with Crippen LogP contribution in [0.2, 0.25) is 0 Å². The highest BCUT2D eigenvalue weighted by Gasteiger charge is 2.26. The largest absolute Gasteiger partial charge is 0.325 e. The third kappa shape index (κ3) is 2.71. The first-order chi connectivity index (χ1) is 9.01. The summed E-state index contributed by atoms with van der Waals surface area (Å²) in [6, 6.07) is 3.44. The van der Waals surface area contributed by atoms with Gasteiger partial charge in [0.05, 0.1) is 11.1 Å². The minimum absolute atomic E-state index is 0.173. The minimum Gasteiger partial charge on any atom is -0.308 e. The number of anilines is 1. The van der Waals surface area contributed by atoms with Crippen molar-refractivity contribution < 1.29 is 19.2 Å². The normalized spacial score (nSPS) is 12.7. The Morgan fingerprint density at radius 2 is 1.84 bits per heavy atom. The number of halogens is 1. The number of benzene rings is 1. The van der Waals surface area contributed by atoms with Crippen LogP contribution in [0.25, 0.3) is 0 Å². The molecule has 19 heavy (non-hydrogen) atoms. The third-order valence-electron chi connectivity index (χ3n) is 2.37. The number of nitrogens with one attached hydrogen (secondary N) is 3. The number of hydrogen-bond donors (Lipinski definition) is 3. The Balaban J connectivity index is 2.13. The van der Waals surface area contributed by atoms with Gasteiger partial charge >= 0.3 is 6.03 Å². The number of rotatable bonds is 2. The molecule has 2 rings (SSSR count). The first kappa shape index (κ1) is 13.0. The van der Waals surface area contributed by atoms with Crippen LogP contribution >= 0.6 is 11.6 Å². The maximum Gasteiger partial charge on any atom is 0.325 e. The second-order valence-electron chi connectivity index (χ2n) is 3.68. The number of fused-ring (bicyclic) bond motifs is 1. The fraction of sp³-hybridized carbons (Fsp3) is 0.0909. The lowest BCUT2D eigenvalue weighted by atomic mass is 10.1. The SMILES string of the molecule is O=C(CCl)NC(=O)Nc1ccc2c(c1)C(=O)NC2=O. The molecule has 98 valence electrons. The molecule has 0 saturated heterocycles. The molecule has 0 aromatic heterocycles. The molecular weight excluding hydrogens is 274 g/mol. The Bertz CT molecular complexity index is 600. The molecule has 0 saturated carbocycles. The predicted molar refractivity (Wildman–Crippen MR) is 66.1 cm³/mol. The fourth-order valence-corrected chi connectivity index (χ4v) is 1.63. The summed E-state index contributed by atoms with van der Waals surface area (Å²) in [4.78, 5) is 44.9. The Hall–Kier alpha value is -2.41. The van der Waals surface area contributed by atoms with Gasteiger partial charge in [-0.3, -0.25) is 25.0 Å². The third-order valence-corrected chi connectivity index (χ3v) is 2.61. The number of urea groups is 1. The fourth-order valence-electron chi connectivity index (χ4n) is 1.57. The van der Waals surface area contributed by atoms with E-state index in [2.05, 4.69) is 10.6 Å². The summed E-state index contributed by atoms with van der Waals surface area (Å²) in [5, 5.41) is 6.46. The van der Waals surface area contributed by atoms with E-state index in [9.17, 15) is 19.2 Å². The van der Waals surface area contributed by atoms with Gasteiger partial charge in [0.1, 0.15) is 5.88 Å². The van der Waals surface area contributed by atoms with E-state index in [1.54, 1.807) is 0 Å². The molecule has 0 atom stereocenters.